The summed E-state index contributed by atoms with van der Waals surface area (Å²) >= 11 is 1.18. The third kappa shape index (κ3) is 2.83. The van der Waals surface area contributed by atoms with Gasteiger partial charge in [0, 0.05) is 23.9 Å². The Morgan fingerprint density at radius 1 is 1.21 bits per heavy atom. The van der Waals surface area contributed by atoms with Crippen molar-refractivity contribution in [2.45, 2.75) is 6.92 Å². The molecule has 1 aromatic carbocycles. The van der Waals surface area contributed by atoms with E-state index >= 15 is 0 Å². The van der Waals surface area contributed by atoms with Gasteiger partial charge in [-0.15, -0.1) is 11.3 Å². The number of hydrogen-bond donors (Lipinski definition) is 2. The molecule has 2 heterocycles. The lowest BCUT2D eigenvalue weighted by molar-refractivity contribution is 0.103. The lowest BCUT2D eigenvalue weighted by atomic mass is 10.2. The number of H-pyrrole nitrogens is 1. The lowest BCUT2D eigenvalue weighted by Crippen LogP contribution is -2.12. The van der Waals surface area contributed by atoms with Crippen LogP contribution in [0.5, 0.6) is 11.5 Å². The number of rotatable bonds is 4. The van der Waals surface area contributed by atoms with Gasteiger partial charge in [0.2, 0.25) is 0 Å². The van der Waals surface area contributed by atoms with Gasteiger partial charge in [-0.1, -0.05) is 0 Å². The number of ether oxygens (including phenoxy) is 2. The molecule has 3 aromatic rings. The van der Waals surface area contributed by atoms with Crippen LogP contribution in [0.15, 0.2) is 29.3 Å². The number of methoxy groups -OCH3 is 2. The van der Waals surface area contributed by atoms with Crippen molar-refractivity contribution in [2.75, 3.05) is 19.5 Å². The SMILES string of the molecule is COc1cc(NC(=O)c2sc3nc[nH]c(=O)c3c2C)cc(OC)c1. The van der Waals surface area contributed by atoms with Crippen LogP contribution in [0.2, 0.25) is 0 Å². The monoisotopic (exact) mass is 345 g/mol. The van der Waals surface area contributed by atoms with E-state index in [0.29, 0.717) is 37.8 Å². The number of aromatic nitrogens is 2. The van der Waals surface area contributed by atoms with Gasteiger partial charge in [-0.2, -0.15) is 0 Å². The van der Waals surface area contributed by atoms with E-state index in [9.17, 15) is 9.59 Å². The number of aromatic amines is 1. The Morgan fingerprint density at radius 3 is 2.46 bits per heavy atom. The van der Waals surface area contributed by atoms with Crippen LogP contribution in [-0.4, -0.2) is 30.1 Å². The van der Waals surface area contributed by atoms with Gasteiger partial charge in [-0.3, -0.25) is 9.59 Å². The quantitative estimate of drug-likeness (QED) is 0.758. The van der Waals surface area contributed by atoms with E-state index in [0.717, 1.165) is 0 Å². The van der Waals surface area contributed by atoms with Crippen LogP contribution in [-0.2, 0) is 0 Å². The molecular formula is C16H15N3O4S. The first-order valence-corrected chi connectivity index (χ1v) is 7.86. The summed E-state index contributed by atoms with van der Waals surface area (Å²) in [5, 5.41) is 3.24. The van der Waals surface area contributed by atoms with Gasteiger partial charge in [0.1, 0.15) is 16.3 Å². The molecule has 1 amide bonds. The molecule has 0 aliphatic rings. The maximum Gasteiger partial charge on any atom is 0.266 e. The van der Waals surface area contributed by atoms with Crippen LogP contribution in [0.1, 0.15) is 15.2 Å². The Morgan fingerprint density at radius 2 is 1.88 bits per heavy atom. The minimum Gasteiger partial charge on any atom is -0.497 e. The molecule has 0 bridgehead atoms. The zero-order valence-corrected chi connectivity index (χ0v) is 14.1. The minimum atomic E-state index is -0.315. The van der Waals surface area contributed by atoms with Crippen LogP contribution in [0, 0.1) is 6.92 Å². The highest BCUT2D eigenvalue weighted by molar-refractivity contribution is 7.20. The highest BCUT2D eigenvalue weighted by atomic mass is 32.1. The first kappa shape index (κ1) is 16.0. The lowest BCUT2D eigenvalue weighted by Gasteiger charge is -2.09. The molecule has 0 fully saturated rings. The number of nitrogens with zero attached hydrogens (tertiary/aromatic N) is 1. The summed E-state index contributed by atoms with van der Waals surface area (Å²) in [6.07, 6.45) is 1.33. The third-order valence-electron chi connectivity index (χ3n) is 3.55. The molecule has 0 atom stereocenters. The van der Waals surface area contributed by atoms with Gasteiger partial charge in [-0.25, -0.2) is 4.98 Å². The molecule has 7 nitrogen and oxygen atoms in total. The van der Waals surface area contributed by atoms with Crippen LogP contribution in [0.4, 0.5) is 5.69 Å². The van der Waals surface area contributed by atoms with E-state index in [-0.39, 0.29) is 11.5 Å². The fourth-order valence-electron chi connectivity index (χ4n) is 2.36. The number of benzene rings is 1. The van der Waals surface area contributed by atoms with Crippen molar-refractivity contribution in [3.63, 3.8) is 0 Å². The summed E-state index contributed by atoms with van der Waals surface area (Å²) < 4.78 is 10.4. The summed E-state index contributed by atoms with van der Waals surface area (Å²) in [7, 11) is 3.07. The van der Waals surface area contributed by atoms with Gasteiger partial charge in [0.15, 0.2) is 0 Å². The van der Waals surface area contributed by atoms with Crippen molar-refractivity contribution < 1.29 is 14.3 Å². The number of nitrogens with one attached hydrogen (secondary N) is 2. The topological polar surface area (TPSA) is 93.3 Å². The van der Waals surface area contributed by atoms with E-state index in [1.807, 2.05) is 0 Å². The number of anilines is 1. The molecule has 24 heavy (non-hydrogen) atoms. The molecular weight excluding hydrogens is 330 g/mol. The predicted molar refractivity (Wildman–Crippen MR) is 92.5 cm³/mol. The van der Waals surface area contributed by atoms with Crippen molar-refractivity contribution in [3.8, 4) is 11.5 Å². The fourth-order valence-corrected chi connectivity index (χ4v) is 3.41. The number of carbonyl (C=O) groups is 1. The van der Waals surface area contributed by atoms with Crippen molar-refractivity contribution in [3.05, 3.63) is 45.3 Å². The van der Waals surface area contributed by atoms with E-state index in [4.69, 9.17) is 9.47 Å². The number of amides is 1. The number of fused-ring (bicyclic) bond motifs is 1. The highest BCUT2D eigenvalue weighted by Crippen LogP contribution is 2.29. The standard InChI is InChI=1S/C16H15N3O4S/c1-8-12-14(20)17-7-18-16(12)24-13(8)15(21)19-9-4-10(22-2)6-11(5-9)23-3/h4-7H,1-3H3,(H,19,21)(H,17,18,20). The largest absolute Gasteiger partial charge is 0.497 e. The van der Waals surface area contributed by atoms with Crippen molar-refractivity contribution in [2.24, 2.45) is 0 Å². The maximum absolute atomic E-state index is 12.6. The smallest absolute Gasteiger partial charge is 0.266 e. The Balaban J connectivity index is 1.97. The molecule has 2 aromatic heterocycles. The first-order valence-electron chi connectivity index (χ1n) is 7.04. The number of aryl methyl sites for hydroxylation is 1. The van der Waals surface area contributed by atoms with Crippen LogP contribution in [0.25, 0.3) is 10.2 Å². The summed E-state index contributed by atoms with van der Waals surface area (Å²) in [6.45, 7) is 1.73. The Labute approximate surface area is 141 Å². The van der Waals surface area contributed by atoms with Crippen molar-refractivity contribution >= 4 is 33.1 Å². The average Bonchev–Trinajstić information content (AvgIpc) is 2.92. The van der Waals surface area contributed by atoms with Crippen molar-refractivity contribution in [1.29, 1.82) is 0 Å². The second-order valence-corrected chi connectivity index (χ2v) is 6.02. The fraction of sp³-hybridized carbons (Fsp3) is 0.188. The molecule has 0 radical (unpaired) electrons. The summed E-state index contributed by atoms with van der Waals surface area (Å²) in [6, 6.07) is 5.09. The summed E-state index contributed by atoms with van der Waals surface area (Å²) in [5.74, 6) is 0.817. The van der Waals surface area contributed by atoms with E-state index in [1.54, 1.807) is 25.1 Å². The molecule has 124 valence electrons. The van der Waals surface area contributed by atoms with Gasteiger partial charge >= 0.3 is 0 Å². The second-order valence-electron chi connectivity index (χ2n) is 5.02. The zero-order chi connectivity index (χ0) is 17.3. The molecule has 2 N–H and O–H groups in total. The second kappa shape index (κ2) is 6.32. The van der Waals surface area contributed by atoms with E-state index < -0.39 is 0 Å². The summed E-state index contributed by atoms with van der Waals surface area (Å²) in [4.78, 5) is 32.1. The number of carbonyl (C=O) groups excluding carboxylic acids is 1. The normalized spacial score (nSPS) is 10.6. The number of thiophene rings is 1. The zero-order valence-electron chi connectivity index (χ0n) is 13.3. The van der Waals surface area contributed by atoms with Crippen molar-refractivity contribution in [1.82, 2.24) is 9.97 Å². The van der Waals surface area contributed by atoms with E-state index in [2.05, 4.69) is 15.3 Å². The Hall–Kier alpha value is -2.87. The van der Waals surface area contributed by atoms with Crippen LogP contribution < -0.4 is 20.3 Å². The van der Waals surface area contributed by atoms with Crippen LogP contribution in [0.3, 0.4) is 0 Å². The van der Waals surface area contributed by atoms with Gasteiger partial charge in [-0.05, 0) is 12.5 Å². The van der Waals surface area contributed by atoms with E-state index in [1.165, 1.54) is 31.9 Å². The predicted octanol–water partition coefficient (Wildman–Crippen LogP) is 2.56. The molecule has 0 saturated carbocycles. The summed E-state index contributed by atoms with van der Waals surface area (Å²) in [5.41, 5.74) is 0.891. The first-order chi connectivity index (χ1) is 11.5. The molecule has 8 heteroatoms. The minimum absolute atomic E-state index is 0.254. The molecule has 0 aliphatic heterocycles. The van der Waals surface area contributed by atoms with Crippen LogP contribution >= 0.6 is 11.3 Å². The number of hydrogen-bond acceptors (Lipinski definition) is 6. The van der Waals surface area contributed by atoms with Gasteiger partial charge in [0.25, 0.3) is 11.5 Å². The Kier molecular flexibility index (Phi) is 4.22. The molecule has 0 saturated heterocycles. The Bertz CT molecular complexity index is 955. The molecule has 3 rings (SSSR count). The van der Waals surface area contributed by atoms with Gasteiger partial charge < -0.3 is 19.8 Å². The highest BCUT2D eigenvalue weighted by Gasteiger charge is 2.18. The molecule has 0 unspecified atom stereocenters. The average molecular weight is 345 g/mol. The molecule has 0 spiro atoms. The molecule has 0 aliphatic carbocycles. The third-order valence-corrected chi connectivity index (χ3v) is 4.75. The van der Waals surface area contributed by atoms with Gasteiger partial charge in [0.05, 0.1) is 30.8 Å². The maximum atomic E-state index is 12.6.